The van der Waals surface area contributed by atoms with Crippen LogP contribution >= 0.6 is 0 Å². The summed E-state index contributed by atoms with van der Waals surface area (Å²) >= 11 is 0. The highest BCUT2D eigenvalue weighted by Crippen LogP contribution is 2.30. The van der Waals surface area contributed by atoms with Crippen LogP contribution in [-0.2, 0) is 32.6 Å². The van der Waals surface area contributed by atoms with Crippen molar-refractivity contribution >= 4 is 33.2 Å². The summed E-state index contributed by atoms with van der Waals surface area (Å²) in [6.45, 7) is 6.39. The number of sulfonamides is 1. The minimum Gasteiger partial charge on any atom is -0.339 e. The van der Waals surface area contributed by atoms with Crippen molar-refractivity contribution in [2.45, 2.75) is 45.1 Å². The first-order valence-electron chi connectivity index (χ1n) is 10.00. The molecule has 0 fully saturated rings. The van der Waals surface area contributed by atoms with Gasteiger partial charge < -0.3 is 9.80 Å². The van der Waals surface area contributed by atoms with Crippen LogP contribution in [0.5, 0.6) is 0 Å². The minimum absolute atomic E-state index is 0.0513. The fourth-order valence-electron chi connectivity index (χ4n) is 3.68. The molecule has 0 atom stereocenters. The Balaban J connectivity index is 1.89. The number of carbonyl (C=O) groups is 2. The molecule has 3 rings (SSSR count). The van der Waals surface area contributed by atoms with E-state index in [-0.39, 0.29) is 16.7 Å². The van der Waals surface area contributed by atoms with E-state index >= 15 is 0 Å². The van der Waals surface area contributed by atoms with Crippen LogP contribution in [-0.4, -0.2) is 38.2 Å². The van der Waals surface area contributed by atoms with E-state index in [0.29, 0.717) is 25.3 Å². The van der Waals surface area contributed by atoms with Crippen LogP contribution in [0.1, 0.15) is 38.3 Å². The molecule has 0 saturated carbocycles. The van der Waals surface area contributed by atoms with Gasteiger partial charge in [-0.1, -0.05) is 18.2 Å². The minimum atomic E-state index is -3.83. The van der Waals surface area contributed by atoms with Crippen LogP contribution < -0.4 is 9.62 Å². The van der Waals surface area contributed by atoms with Crippen LogP contribution in [0.25, 0.3) is 0 Å². The van der Waals surface area contributed by atoms with E-state index in [1.807, 2.05) is 13.0 Å². The van der Waals surface area contributed by atoms with Gasteiger partial charge in [0, 0.05) is 39.2 Å². The Bertz CT molecular complexity index is 1070. The number of fused-ring (bicyclic) bond motifs is 1. The van der Waals surface area contributed by atoms with Crippen molar-refractivity contribution < 1.29 is 18.0 Å². The molecule has 0 aromatic heterocycles. The van der Waals surface area contributed by atoms with Crippen LogP contribution in [0.4, 0.5) is 11.4 Å². The highest BCUT2D eigenvalue weighted by atomic mass is 32.2. The highest BCUT2D eigenvalue weighted by Gasteiger charge is 2.23. The molecule has 0 aliphatic carbocycles. The third kappa shape index (κ3) is 4.64. The van der Waals surface area contributed by atoms with Gasteiger partial charge in [0.1, 0.15) is 0 Å². The molecule has 1 N–H and O–H groups in total. The lowest BCUT2D eigenvalue weighted by molar-refractivity contribution is -0.129. The lowest BCUT2D eigenvalue weighted by Gasteiger charge is -2.29. The predicted molar refractivity (Wildman–Crippen MR) is 117 cm³/mol. The summed E-state index contributed by atoms with van der Waals surface area (Å²) in [5, 5.41) is 0. The molecule has 0 bridgehead atoms. The Morgan fingerprint density at radius 2 is 1.87 bits per heavy atom. The van der Waals surface area contributed by atoms with Crippen molar-refractivity contribution in [2.24, 2.45) is 0 Å². The Morgan fingerprint density at radius 1 is 1.13 bits per heavy atom. The molecule has 7 nitrogen and oxygen atoms in total. The van der Waals surface area contributed by atoms with E-state index < -0.39 is 10.0 Å². The number of carbonyl (C=O) groups excluding carboxylic acids is 2. The number of para-hydroxylation sites is 1. The monoisotopic (exact) mass is 429 g/mol. The van der Waals surface area contributed by atoms with Crippen LogP contribution in [0, 0.1) is 0 Å². The van der Waals surface area contributed by atoms with Gasteiger partial charge in [0.15, 0.2) is 0 Å². The molecular weight excluding hydrogens is 402 g/mol. The molecule has 0 radical (unpaired) electrons. The molecule has 160 valence electrons. The predicted octanol–water partition coefficient (Wildman–Crippen LogP) is 3.15. The molecule has 1 aliphatic heterocycles. The molecule has 30 heavy (non-hydrogen) atoms. The molecule has 2 aromatic rings. The Labute approximate surface area is 177 Å². The number of benzene rings is 2. The van der Waals surface area contributed by atoms with Crippen molar-refractivity contribution in [2.75, 3.05) is 22.7 Å². The van der Waals surface area contributed by atoms with Crippen molar-refractivity contribution in [3.05, 3.63) is 53.6 Å². The lowest BCUT2D eigenvalue weighted by Crippen LogP contribution is -2.33. The van der Waals surface area contributed by atoms with Crippen molar-refractivity contribution in [3.8, 4) is 0 Å². The van der Waals surface area contributed by atoms with Gasteiger partial charge in [0.25, 0.3) is 10.0 Å². The number of amides is 2. The average molecular weight is 430 g/mol. The topological polar surface area (TPSA) is 86.8 Å². The van der Waals surface area contributed by atoms with Gasteiger partial charge in [-0.15, -0.1) is 0 Å². The number of anilines is 2. The van der Waals surface area contributed by atoms with E-state index in [1.165, 1.54) is 19.9 Å². The highest BCUT2D eigenvalue weighted by molar-refractivity contribution is 7.92. The summed E-state index contributed by atoms with van der Waals surface area (Å²) in [7, 11) is -3.83. The maximum atomic E-state index is 13.1. The second kappa shape index (κ2) is 8.87. The van der Waals surface area contributed by atoms with Gasteiger partial charge in [-0.3, -0.25) is 14.3 Å². The lowest BCUT2D eigenvalue weighted by atomic mass is 10.0. The number of hydrogen-bond acceptors (Lipinski definition) is 4. The molecule has 2 amide bonds. The van der Waals surface area contributed by atoms with Gasteiger partial charge in [-0.2, -0.15) is 0 Å². The number of nitrogens with zero attached hydrogens (tertiary/aromatic N) is 2. The van der Waals surface area contributed by atoms with E-state index in [9.17, 15) is 18.0 Å². The van der Waals surface area contributed by atoms with Crippen molar-refractivity contribution in [3.63, 3.8) is 0 Å². The summed E-state index contributed by atoms with van der Waals surface area (Å²) in [6.07, 6.45) is 1.52. The second-order valence-electron chi connectivity index (χ2n) is 7.36. The molecule has 0 spiro atoms. The Kier molecular flexibility index (Phi) is 6.45. The molecule has 1 aliphatic rings. The zero-order chi connectivity index (χ0) is 21.9. The molecule has 1 heterocycles. The smallest absolute Gasteiger partial charge is 0.261 e. The standard InChI is InChI=1S/C22H27N3O4S/c1-4-24(16(2)26)15-19-8-5-6-10-21(19)23-30(28,29)20-11-12-22-18(14-20)9-7-13-25(22)17(3)27/h5-6,8,10-12,14,23H,4,7,9,13,15H2,1-3H3. The SMILES string of the molecule is CCN(Cc1ccccc1NS(=O)(=O)c1ccc2c(c1)CCCN2C(C)=O)C(C)=O. The number of nitrogens with one attached hydrogen (secondary N) is 1. The number of rotatable bonds is 6. The summed E-state index contributed by atoms with van der Waals surface area (Å²) in [4.78, 5) is 27.1. The van der Waals surface area contributed by atoms with E-state index in [2.05, 4.69) is 4.72 Å². The van der Waals surface area contributed by atoms with Crippen LogP contribution in [0.3, 0.4) is 0 Å². The molecule has 2 aromatic carbocycles. The van der Waals surface area contributed by atoms with Gasteiger partial charge in [0.2, 0.25) is 11.8 Å². The number of aryl methyl sites for hydroxylation is 1. The quantitative estimate of drug-likeness (QED) is 0.764. The molecule has 0 saturated heterocycles. The van der Waals surface area contributed by atoms with Crippen LogP contribution in [0.2, 0.25) is 0 Å². The summed E-state index contributed by atoms with van der Waals surface area (Å²) in [5.74, 6) is -0.121. The zero-order valence-electron chi connectivity index (χ0n) is 17.5. The van der Waals surface area contributed by atoms with E-state index in [0.717, 1.165) is 29.7 Å². The molecular formula is C22H27N3O4S. The van der Waals surface area contributed by atoms with E-state index in [1.54, 1.807) is 40.1 Å². The fourth-order valence-corrected chi connectivity index (χ4v) is 4.83. The van der Waals surface area contributed by atoms with Gasteiger partial charge in [-0.25, -0.2) is 8.42 Å². The molecule has 0 unspecified atom stereocenters. The van der Waals surface area contributed by atoms with Gasteiger partial charge >= 0.3 is 0 Å². The molecule has 8 heteroatoms. The average Bonchev–Trinajstić information content (AvgIpc) is 2.71. The zero-order valence-corrected chi connectivity index (χ0v) is 18.3. The van der Waals surface area contributed by atoms with Crippen LogP contribution in [0.15, 0.2) is 47.4 Å². The second-order valence-corrected chi connectivity index (χ2v) is 9.04. The van der Waals surface area contributed by atoms with Gasteiger partial charge in [0.05, 0.1) is 10.6 Å². The Morgan fingerprint density at radius 3 is 2.53 bits per heavy atom. The summed E-state index contributed by atoms with van der Waals surface area (Å²) < 4.78 is 28.8. The van der Waals surface area contributed by atoms with Crippen molar-refractivity contribution in [1.82, 2.24) is 4.90 Å². The Hall–Kier alpha value is -2.87. The third-order valence-corrected chi connectivity index (χ3v) is 6.67. The first-order valence-corrected chi connectivity index (χ1v) is 11.5. The third-order valence-electron chi connectivity index (χ3n) is 5.31. The maximum Gasteiger partial charge on any atom is 0.261 e. The largest absolute Gasteiger partial charge is 0.339 e. The first-order chi connectivity index (χ1) is 14.2. The number of hydrogen-bond donors (Lipinski definition) is 1. The first kappa shape index (κ1) is 21.8. The fraction of sp³-hybridized carbons (Fsp3) is 0.364. The van der Waals surface area contributed by atoms with Gasteiger partial charge in [-0.05, 0) is 55.2 Å². The summed E-state index contributed by atoms with van der Waals surface area (Å²) in [6, 6.07) is 11.9. The summed E-state index contributed by atoms with van der Waals surface area (Å²) in [5.41, 5.74) is 2.79. The van der Waals surface area contributed by atoms with E-state index in [4.69, 9.17) is 0 Å². The maximum absolute atomic E-state index is 13.1. The van der Waals surface area contributed by atoms with Crippen molar-refractivity contribution in [1.29, 1.82) is 0 Å². The normalized spacial score (nSPS) is 13.5.